The molecule has 0 aromatic carbocycles. The zero-order valence-corrected chi connectivity index (χ0v) is 63.8. The maximum absolute atomic E-state index is 13.1. The number of carbonyl (C=O) groups is 4. The second-order valence-corrected chi connectivity index (χ2v) is 30.2. The Morgan fingerprint density at radius 3 is 0.885 bits per heavy atom. The molecule has 0 saturated carbocycles. The summed E-state index contributed by atoms with van der Waals surface area (Å²) in [5.74, 6) is -1.30. The molecule has 0 spiro atoms. The smallest absolute Gasteiger partial charge is 0.462 e. The first-order valence-electron chi connectivity index (χ1n) is 39.5. The lowest BCUT2D eigenvalue weighted by Gasteiger charge is -2.21. The van der Waals surface area contributed by atoms with E-state index in [1.165, 1.54) is 180 Å². The van der Waals surface area contributed by atoms with E-state index in [0.717, 1.165) is 121 Å². The second kappa shape index (κ2) is 69.6. The van der Waals surface area contributed by atoms with Crippen molar-refractivity contribution in [1.29, 1.82) is 0 Å². The van der Waals surface area contributed by atoms with Gasteiger partial charge < -0.3 is 33.8 Å². The molecule has 19 heteroatoms. The van der Waals surface area contributed by atoms with Crippen LogP contribution in [0.3, 0.4) is 0 Å². The number of allylic oxidation sites excluding steroid dienone is 4. The Kier molecular flexibility index (Phi) is 67.8. The summed E-state index contributed by atoms with van der Waals surface area (Å²) < 4.78 is 68.4. The minimum atomic E-state index is -4.96. The molecule has 96 heavy (non-hydrogen) atoms. The molecule has 0 saturated heterocycles. The number of aliphatic hydroxyl groups excluding tert-OH is 1. The van der Waals surface area contributed by atoms with Crippen LogP contribution in [0.4, 0.5) is 0 Å². The van der Waals surface area contributed by atoms with Gasteiger partial charge >= 0.3 is 39.5 Å². The van der Waals surface area contributed by atoms with E-state index in [1.807, 2.05) is 0 Å². The third-order valence-corrected chi connectivity index (χ3v) is 19.7. The van der Waals surface area contributed by atoms with Crippen LogP contribution in [0.1, 0.15) is 381 Å². The Bertz CT molecular complexity index is 1940. The van der Waals surface area contributed by atoms with Gasteiger partial charge in [-0.1, -0.05) is 329 Å². The zero-order chi connectivity index (χ0) is 70.5. The summed E-state index contributed by atoms with van der Waals surface area (Å²) in [6, 6.07) is 0. The van der Waals surface area contributed by atoms with Gasteiger partial charge in [-0.05, 0) is 57.3 Å². The quantitative estimate of drug-likeness (QED) is 0.0169. The SMILES string of the molecule is CCCCCC/C=C\C=C/CCCCCCCC(=O)O[C@H](COC(=O)CCCCCCCCC)COP(=O)(O)OC[C@H](O)COP(=O)(O)OC[C@@H](COC(=O)CCCCCCCCCCCCCCCCCC)OC(=O)CCCCCCCCCCCCCCCCC(C)CC. The molecule has 0 aliphatic rings. The van der Waals surface area contributed by atoms with Crippen molar-refractivity contribution < 1.29 is 80.2 Å². The normalized spacial score (nSPS) is 14.4. The molecule has 0 amide bonds. The van der Waals surface area contributed by atoms with Gasteiger partial charge in [0.1, 0.15) is 19.3 Å². The van der Waals surface area contributed by atoms with Gasteiger partial charge in [0, 0.05) is 25.7 Å². The van der Waals surface area contributed by atoms with Gasteiger partial charge in [0.05, 0.1) is 26.4 Å². The van der Waals surface area contributed by atoms with Crippen molar-refractivity contribution in [2.24, 2.45) is 5.92 Å². The fourth-order valence-electron chi connectivity index (χ4n) is 11.3. The number of hydrogen-bond acceptors (Lipinski definition) is 15. The summed E-state index contributed by atoms with van der Waals surface area (Å²) in [7, 11) is -9.92. The maximum Gasteiger partial charge on any atom is 0.472 e. The van der Waals surface area contributed by atoms with E-state index in [0.29, 0.717) is 25.7 Å². The molecule has 0 heterocycles. The number of phosphoric acid groups is 2. The molecular formula is C77H146O17P2. The van der Waals surface area contributed by atoms with Crippen molar-refractivity contribution in [3.8, 4) is 0 Å². The maximum atomic E-state index is 13.1. The Hall–Kier alpha value is -2.46. The topological polar surface area (TPSA) is 237 Å². The molecule has 3 N–H and O–H groups in total. The average Bonchev–Trinajstić information content (AvgIpc) is 1.91. The number of rotatable bonds is 75. The molecule has 0 aliphatic carbocycles. The van der Waals surface area contributed by atoms with Gasteiger partial charge in [-0.3, -0.25) is 37.3 Å². The van der Waals surface area contributed by atoms with Gasteiger partial charge in [0.2, 0.25) is 0 Å². The highest BCUT2D eigenvalue weighted by Crippen LogP contribution is 2.45. The summed E-state index contributed by atoms with van der Waals surface area (Å²) in [4.78, 5) is 72.7. The Morgan fingerprint density at radius 1 is 0.333 bits per heavy atom. The van der Waals surface area contributed by atoms with Gasteiger partial charge in [-0.25, -0.2) is 9.13 Å². The Morgan fingerprint density at radius 2 is 0.583 bits per heavy atom. The first kappa shape index (κ1) is 93.5. The van der Waals surface area contributed by atoms with Crippen molar-refractivity contribution in [2.45, 2.75) is 400 Å². The number of aliphatic hydroxyl groups is 1. The number of ether oxygens (including phenoxy) is 4. The number of hydrogen-bond donors (Lipinski definition) is 3. The average molecular weight is 1410 g/mol. The molecule has 3 unspecified atom stereocenters. The lowest BCUT2D eigenvalue weighted by molar-refractivity contribution is -0.161. The van der Waals surface area contributed by atoms with E-state index in [1.54, 1.807) is 0 Å². The summed E-state index contributed by atoms with van der Waals surface area (Å²) >= 11 is 0. The fraction of sp³-hybridized carbons (Fsp3) is 0.896. The monoisotopic (exact) mass is 1410 g/mol. The van der Waals surface area contributed by atoms with Crippen molar-refractivity contribution in [1.82, 2.24) is 0 Å². The highest BCUT2D eigenvalue weighted by molar-refractivity contribution is 7.47. The lowest BCUT2D eigenvalue weighted by Crippen LogP contribution is -2.30. The van der Waals surface area contributed by atoms with Crippen molar-refractivity contribution in [3.63, 3.8) is 0 Å². The highest BCUT2D eigenvalue weighted by Gasteiger charge is 2.30. The molecule has 17 nitrogen and oxygen atoms in total. The first-order chi connectivity index (χ1) is 46.6. The summed E-state index contributed by atoms with van der Waals surface area (Å²) in [6.07, 6.45) is 61.9. The first-order valence-corrected chi connectivity index (χ1v) is 42.5. The van der Waals surface area contributed by atoms with Gasteiger partial charge in [0.25, 0.3) is 0 Å². The number of carbonyl (C=O) groups excluding carboxylic acids is 4. The summed E-state index contributed by atoms with van der Waals surface area (Å²) in [5, 5.41) is 10.6. The zero-order valence-electron chi connectivity index (χ0n) is 62.0. The van der Waals surface area contributed by atoms with E-state index >= 15 is 0 Å². The summed E-state index contributed by atoms with van der Waals surface area (Å²) in [5.41, 5.74) is 0. The molecule has 0 radical (unpaired) electrons. The third-order valence-electron chi connectivity index (χ3n) is 17.8. The third kappa shape index (κ3) is 68.7. The van der Waals surface area contributed by atoms with Crippen LogP contribution in [0.15, 0.2) is 24.3 Å². The van der Waals surface area contributed by atoms with Crippen molar-refractivity contribution in [2.75, 3.05) is 39.6 Å². The number of esters is 4. The minimum absolute atomic E-state index is 0.0849. The van der Waals surface area contributed by atoms with Crippen LogP contribution >= 0.6 is 15.6 Å². The highest BCUT2D eigenvalue weighted by atomic mass is 31.2. The van der Waals surface area contributed by atoms with Gasteiger partial charge in [0.15, 0.2) is 12.2 Å². The van der Waals surface area contributed by atoms with Gasteiger partial charge in [-0.2, -0.15) is 0 Å². The molecule has 0 aliphatic heterocycles. The molecule has 0 rings (SSSR count). The van der Waals surface area contributed by atoms with Crippen LogP contribution in [-0.4, -0.2) is 96.7 Å². The summed E-state index contributed by atoms with van der Waals surface area (Å²) in [6.45, 7) is 7.25. The van der Waals surface area contributed by atoms with E-state index in [4.69, 9.17) is 37.0 Å². The Labute approximate surface area is 586 Å². The number of phosphoric ester groups is 2. The lowest BCUT2D eigenvalue weighted by atomic mass is 9.99. The van der Waals surface area contributed by atoms with Crippen molar-refractivity contribution in [3.05, 3.63) is 24.3 Å². The van der Waals surface area contributed by atoms with Crippen LogP contribution < -0.4 is 0 Å². The largest absolute Gasteiger partial charge is 0.472 e. The van der Waals surface area contributed by atoms with E-state index < -0.39 is 97.5 Å². The van der Waals surface area contributed by atoms with Crippen LogP contribution in [0, 0.1) is 5.92 Å². The molecule has 566 valence electrons. The second-order valence-electron chi connectivity index (χ2n) is 27.3. The molecule has 0 fully saturated rings. The van der Waals surface area contributed by atoms with Crippen LogP contribution in [0.25, 0.3) is 0 Å². The fourth-order valence-corrected chi connectivity index (χ4v) is 12.9. The molecule has 0 aromatic rings. The predicted molar refractivity (Wildman–Crippen MR) is 391 cm³/mol. The molecular weight excluding hydrogens is 1260 g/mol. The molecule has 0 aromatic heterocycles. The number of unbranched alkanes of at least 4 members (excludes halogenated alkanes) is 43. The van der Waals surface area contributed by atoms with E-state index in [-0.39, 0.29) is 25.7 Å². The van der Waals surface area contributed by atoms with Crippen LogP contribution in [0.2, 0.25) is 0 Å². The minimum Gasteiger partial charge on any atom is -0.462 e. The van der Waals surface area contributed by atoms with Crippen LogP contribution in [0.5, 0.6) is 0 Å². The molecule has 0 bridgehead atoms. The van der Waals surface area contributed by atoms with E-state index in [9.17, 15) is 43.2 Å². The van der Waals surface area contributed by atoms with Crippen LogP contribution in [-0.2, 0) is 65.4 Å². The van der Waals surface area contributed by atoms with Gasteiger partial charge in [-0.15, -0.1) is 0 Å². The molecule has 6 atom stereocenters. The predicted octanol–water partition coefficient (Wildman–Crippen LogP) is 22.4. The standard InChI is InChI=1S/C77H146O17P2/c1-6-10-13-16-19-21-23-25-27-29-33-37-41-46-51-56-61-75(80)88-67-73(94-77(82)63-58-53-48-43-39-35-31-30-32-36-40-45-49-54-59-70(5)9-4)69-92-96(85,86)90-65-71(78)64-89-95(83,84)91-68-72(66-87-74(79)60-55-50-44-18-15-12-8-3)93-76(81)62-57-52-47-42-38-34-28-26-24-22-20-17-14-11-7-2/h22,24,26,28,70-73,78H,6-21,23,25,27,29-69H2,1-5H3,(H,83,84)(H,85,86)/b24-22-,28-26-/t70?,71-,72+,73+/m0/s1. The Balaban J connectivity index is 5.23. The van der Waals surface area contributed by atoms with E-state index in [2.05, 4.69) is 58.9 Å². The van der Waals surface area contributed by atoms with Crippen molar-refractivity contribution >= 4 is 39.5 Å².